The number of halogens is 1. The first kappa shape index (κ1) is 9.71. The molecule has 0 spiro atoms. The van der Waals surface area contributed by atoms with E-state index in [0.717, 1.165) is 11.4 Å². The fraction of sp³-hybridized carbons (Fsp3) is 0.600. The molecular weight excluding hydrogens is 200 g/mol. The Morgan fingerprint density at radius 2 is 2.14 bits per heavy atom. The molecule has 0 radical (unpaired) electrons. The molecule has 2 rings (SSSR count). The van der Waals surface area contributed by atoms with Gasteiger partial charge in [0.1, 0.15) is 11.0 Å². The van der Waals surface area contributed by atoms with Crippen molar-refractivity contribution in [3.05, 3.63) is 16.5 Å². The van der Waals surface area contributed by atoms with Gasteiger partial charge in [-0.2, -0.15) is 4.98 Å². The first-order valence-electron chi connectivity index (χ1n) is 4.89. The van der Waals surface area contributed by atoms with E-state index in [4.69, 9.17) is 16.3 Å². The maximum atomic E-state index is 6.00. The van der Waals surface area contributed by atoms with Crippen molar-refractivity contribution in [2.24, 2.45) is 0 Å². The Hall–Kier alpha value is -0.830. The summed E-state index contributed by atoms with van der Waals surface area (Å²) in [5.41, 5.74) is 0.831. The van der Waals surface area contributed by atoms with Gasteiger partial charge in [-0.1, -0.05) is 11.6 Å². The van der Waals surface area contributed by atoms with Crippen LogP contribution in [0.1, 0.15) is 37.1 Å². The number of hydrogen-bond donors (Lipinski definition) is 0. The van der Waals surface area contributed by atoms with Crippen LogP contribution in [-0.4, -0.2) is 16.6 Å². The van der Waals surface area contributed by atoms with Gasteiger partial charge in [-0.25, -0.2) is 4.98 Å². The summed E-state index contributed by atoms with van der Waals surface area (Å²) in [6.07, 6.45) is 2.34. The summed E-state index contributed by atoms with van der Waals surface area (Å²) in [5, 5.41) is 0.519. The maximum Gasteiger partial charge on any atom is 0.221 e. The molecule has 0 saturated heterocycles. The van der Waals surface area contributed by atoms with E-state index in [2.05, 4.69) is 9.97 Å². The molecule has 0 N–H and O–H groups in total. The largest absolute Gasteiger partial charge is 0.478 e. The summed E-state index contributed by atoms with van der Waals surface area (Å²) in [5.74, 6) is 1.98. The average molecular weight is 213 g/mol. The minimum Gasteiger partial charge on any atom is -0.478 e. The summed E-state index contributed by atoms with van der Waals surface area (Å²) in [7, 11) is 0. The Morgan fingerprint density at radius 1 is 1.43 bits per heavy atom. The summed E-state index contributed by atoms with van der Waals surface area (Å²) >= 11 is 6.00. The van der Waals surface area contributed by atoms with Crippen molar-refractivity contribution < 1.29 is 4.74 Å². The van der Waals surface area contributed by atoms with Crippen molar-refractivity contribution in [3.63, 3.8) is 0 Å². The third-order valence-electron chi connectivity index (χ3n) is 2.28. The number of aromatic nitrogens is 2. The van der Waals surface area contributed by atoms with Crippen LogP contribution >= 0.6 is 11.6 Å². The molecule has 0 atom stereocenters. The van der Waals surface area contributed by atoms with Crippen molar-refractivity contribution >= 4 is 11.6 Å². The summed E-state index contributed by atoms with van der Waals surface area (Å²) in [6, 6.07) is 0. The van der Waals surface area contributed by atoms with Crippen molar-refractivity contribution in [1.29, 1.82) is 0 Å². The highest BCUT2D eigenvalue weighted by Crippen LogP contribution is 2.39. The third-order valence-corrected chi connectivity index (χ3v) is 2.65. The molecule has 1 aromatic heterocycles. The van der Waals surface area contributed by atoms with E-state index in [1.54, 1.807) is 0 Å². The minimum absolute atomic E-state index is 0.507. The molecule has 76 valence electrons. The Labute approximate surface area is 88.5 Å². The van der Waals surface area contributed by atoms with Gasteiger partial charge in [0.05, 0.1) is 6.61 Å². The Kier molecular flexibility index (Phi) is 2.59. The van der Waals surface area contributed by atoms with E-state index in [0.29, 0.717) is 23.6 Å². The quantitative estimate of drug-likeness (QED) is 0.723. The second-order valence-corrected chi connectivity index (χ2v) is 3.87. The number of hydrogen-bond acceptors (Lipinski definition) is 3. The lowest BCUT2D eigenvalue weighted by atomic mass is 10.3. The molecule has 3 nitrogen and oxygen atoms in total. The number of ether oxygens (including phenoxy) is 1. The van der Waals surface area contributed by atoms with Gasteiger partial charge >= 0.3 is 0 Å². The van der Waals surface area contributed by atoms with E-state index in [1.165, 1.54) is 12.8 Å². The molecule has 0 bridgehead atoms. The maximum absolute atomic E-state index is 6.00. The molecule has 14 heavy (non-hydrogen) atoms. The summed E-state index contributed by atoms with van der Waals surface area (Å²) in [6.45, 7) is 4.43. The Bertz CT molecular complexity index is 350. The number of rotatable bonds is 3. The van der Waals surface area contributed by atoms with Gasteiger partial charge in [0.15, 0.2) is 0 Å². The molecule has 1 fully saturated rings. The van der Waals surface area contributed by atoms with Crippen LogP contribution in [-0.2, 0) is 0 Å². The molecule has 0 aliphatic heterocycles. The van der Waals surface area contributed by atoms with Gasteiger partial charge in [0.2, 0.25) is 5.88 Å². The predicted molar refractivity (Wildman–Crippen MR) is 54.9 cm³/mol. The zero-order valence-corrected chi connectivity index (χ0v) is 9.14. The third kappa shape index (κ3) is 1.82. The van der Waals surface area contributed by atoms with Crippen molar-refractivity contribution in [2.75, 3.05) is 6.61 Å². The molecule has 1 heterocycles. The SMILES string of the molecule is CCOc1nc(C2CC2)nc(Cl)c1C. The summed E-state index contributed by atoms with van der Waals surface area (Å²) in [4.78, 5) is 8.62. The van der Waals surface area contributed by atoms with Crippen LogP contribution < -0.4 is 4.74 Å². The van der Waals surface area contributed by atoms with Crippen molar-refractivity contribution in [1.82, 2.24) is 9.97 Å². The van der Waals surface area contributed by atoms with Crippen LogP contribution in [0.25, 0.3) is 0 Å². The van der Waals surface area contributed by atoms with Crippen LogP contribution in [0.2, 0.25) is 5.15 Å². The van der Waals surface area contributed by atoms with Gasteiger partial charge in [-0.15, -0.1) is 0 Å². The zero-order valence-electron chi connectivity index (χ0n) is 8.38. The van der Waals surface area contributed by atoms with Crippen LogP contribution in [0.5, 0.6) is 5.88 Å². The van der Waals surface area contributed by atoms with E-state index in [-0.39, 0.29) is 0 Å². The van der Waals surface area contributed by atoms with Gasteiger partial charge in [0, 0.05) is 11.5 Å². The molecule has 1 saturated carbocycles. The van der Waals surface area contributed by atoms with Gasteiger partial charge in [-0.05, 0) is 26.7 Å². The van der Waals surface area contributed by atoms with Gasteiger partial charge < -0.3 is 4.74 Å². The van der Waals surface area contributed by atoms with E-state index in [9.17, 15) is 0 Å². The molecule has 1 aliphatic carbocycles. The second-order valence-electron chi connectivity index (χ2n) is 3.51. The summed E-state index contributed by atoms with van der Waals surface area (Å²) < 4.78 is 5.40. The molecule has 1 aromatic rings. The lowest BCUT2D eigenvalue weighted by Crippen LogP contribution is -2.02. The van der Waals surface area contributed by atoms with E-state index in [1.807, 2.05) is 13.8 Å². The van der Waals surface area contributed by atoms with E-state index < -0.39 is 0 Å². The second kappa shape index (κ2) is 3.73. The normalized spacial score (nSPS) is 15.6. The van der Waals surface area contributed by atoms with Crippen LogP contribution in [0, 0.1) is 6.92 Å². The first-order chi connectivity index (χ1) is 6.72. The van der Waals surface area contributed by atoms with Gasteiger partial charge in [0.25, 0.3) is 0 Å². The van der Waals surface area contributed by atoms with E-state index >= 15 is 0 Å². The van der Waals surface area contributed by atoms with Crippen LogP contribution in [0.15, 0.2) is 0 Å². The topological polar surface area (TPSA) is 35.0 Å². The van der Waals surface area contributed by atoms with Gasteiger partial charge in [-0.3, -0.25) is 0 Å². The Balaban J connectivity index is 2.35. The fourth-order valence-corrected chi connectivity index (χ4v) is 1.45. The van der Waals surface area contributed by atoms with Crippen LogP contribution in [0.4, 0.5) is 0 Å². The lowest BCUT2D eigenvalue weighted by molar-refractivity contribution is 0.322. The zero-order chi connectivity index (χ0) is 10.1. The lowest BCUT2D eigenvalue weighted by Gasteiger charge is -2.08. The first-order valence-corrected chi connectivity index (χ1v) is 5.27. The van der Waals surface area contributed by atoms with Crippen LogP contribution in [0.3, 0.4) is 0 Å². The molecule has 0 unspecified atom stereocenters. The highest BCUT2D eigenvalue weighted by molar-refractivity contribution is 6.30. The predicted octanol–water partition coefficient (Wildman–Crippen LogP) is 2.71. The molecule has 0 amide bonds. The highest BCUT2D eigenvalue weighted by atomic mass is 35.5. The molecule has 4 heteroatoms. The fourth-order valence-electron chi connectivity index (χ4n) is 1.29. The standard InChI is InChI=1S/C10H13ClN2O/c1-3-14-10-6(2)8(11)12-9(13-10)7-4-5-7/h7H,3-5H2,1-2H3. The molecule has 0 aromatic carbocycles. The Morgan fingerprint density at radius 3 is 2.71 bits per heavy atom. The molecular formula is C10H13ClN2O. The highest BCUT2D eigenvalue weighted by Gasteiger charge is 2.28. The number of nitrogens with zero attached hydrogens (tertiary/aromatic N) is 2. The average Bonchev–Trinajstić information content (AvgIpc) is 2.96. The molecule has 1 aliphatic rings. The minimum atomic E-state index is 0.507. The smallest absolute Gasteiger partial charge is 0.221 e. The monoisotopic (exact) mass is 212 g/mol. The van der Waals surface area contributed by atoms with Crippen molar-refractivity contribution in [2.45, 2.75) is 32.6 Å². The van der Waals surface area contributed by atoms with Crippen molar-refractivity contribution in [3.8, 4) is 5.88 Å².